The van der Waals surface area contributed by atoms with Crippen LogP contribution in [0.3, 0.4) is 0 Å². The molecule has 2 aliphatic heterocycles. The normalized spacial score (nSPS) is 24.5. The number of rotatable bonds is 3. The summed E-state index contributed by atoms with van der Waals surface area (Å²) in [5.74, 6) is 0.673. The predicted molar refractivity (Wildman–Crippen MR) is 99.3 cm³/mol. The molecule has 1 saturated heterocycles. The summed E-state index contributed by atoms with van der Waals surface area (Å²) < 4.78 is 5.17. The molecule has 4 nitrogen and oxygen atoms in total. The number of nitrogens with zero attached hydrogens (tertiary/aromatic N) is 2. The van der Waals surface area contributed by atoms with Crippen LogP contribution in [-0.2, 0) is 24.3 Å². The Morgan fingerprint density at radius 3 is 2.69 bits per heavy atom. The minimum Gasteiger partial charge on any atom is -0.472 e. The summed E-state index contributed by atoms with van der Waals surface area (Å²) in [5.41, 5.74) is 4.28. The first kappa shape index (κ1) is 16.1. The van der Waals surface area contributed by atoms with Gasteiger partial charge >= 0.3 is 0 Å². The number of carbonyl (C=O) groups is 1. The number of hydrogen-bond acceptors (Lipinski definition) is 3. The number of piperidine rings is 1. The average molecular weight is 350 g/mol. The molecule has 1 atom stereocenters. The van der Waals surface area contributed by atoms with E-state index in [2.05, 4.69) is 34.1 Å². The van der Waals surface area contributed by atoms with E-state index >= 15 is 0 Å². The predicted octanol–water partition coefficient (Wildman–Crippen LogP) is 3.47. The average Bonchev–Trinajstić information content (AvgIpc) is 3.12. The molecule has 3 aliphatic rings. The molecule has 0 N–H and O–H groups in total. The lowest BCUT2D eigenvalue weighted by Gasteiger charge is -2.34. The molecule has 3 heterocycles. The Morgan fingerprint density at radius 2 is 1.92 bits per heavy atom. The van der Waals surface area contributed by atoms with Crippen molar-refractivity contribution in [2.75, 3.05) is 19.6 Å². The van der Waals surface area contributed by atoms with Gasteiger partial charge in [-0.25, -0.2) is 0 Å². The highest BCUT2D eigenvalue weighted by Crippen LogP contribution is 2.60. The summed E-state index contributed by atoms with van der Waals surface area (Å²) in [5, 5.41) is 0. The number of likely N-dealkylation sites (tertiary alicyclic amines) is 1. The van der Waals surface area contributed by atoms with Crippen LogP contribution < -0.4 is 0 Å². The Labute approximate surface area is 154 Å². The van der Waals surface area contributed by atoms with Gasteiger partial charge in [-0.15, -0.1) is 0 Å². The molecule has 2 aromatic rings. The number of amides is 1. The van der Waals surface area contributed by atoms with Gasteiger partial charge in [0.25, 0.3) is 0 Å². The van der Waals surface area contributed by atoms with Gasteiger partial charge in [-0.2, -0.15) is 0 Å². The second-order valence-corrected chi connectivity index (χ2v) is 8.31. The van der Waals surface area contributed by atoms with E-state index < -0.39 is 0 Å². The summed E-state index contributed by atoms with van der Waals surface area (Å²) in [6.07, 6.45) is 8.00. The van der Waals surface area contributed by atoms with Crippen molar-refractivity contribution in [3.8, 4) is 0 Å². The van der Waals surface area contributed by atoms with Gasteiger partial charge in [-0.3, -0.25) is 9.69 Å². The Kier molecular flexibility index (Phi) is 3.89. The van der Waals surface area contributed by atoms with Crippen LogP contribution in [0.4, 0.5) is 0 Å². The molecule has 1 aromatic heterocycles. The molecular weight excluding hydrogens is 324 g/mol. The first-order valence-electron chi connectivity index (χ1n) is 9.83. The van der Waals surface area contributed by atoms with E-state index in [-0.39, 0.29) is 5.92 Å². The molecule has 1 saturated carbocycles. The lowest BCUT2D eigenvalue weighted by molar-refractivity contribution is -0.134. The van der Waals surface area contributed by atoms with Gasteiger partial charge in [-0.1, -0.05) is 24.3 Å². The maximum absolute atomic E-state index is 13.1. The smallest absolute Gasteiger partial charge is 0.226 e. The van der Waals surface area contributed by atoms with Gasteiger partial charge in [-0.05, 0) is 61.4 Å². The van der Waals surface area contributed by atoms with Gasteiger partial charge in [0.1, 0.15) is 0 Å². The number of furan rings is 1. The van der Waals surface area contributed by atoms with Crippen LogP contribution in [0.5, 0.6) is 0 Å². The van der Waals surface area contributed by atoms with E-state index in [1.807, 2.05) is 12.3 Å². The van der Waals surface area contributed by atoms with E-state index in [4.69, 9.17) is 4.42 Å². The highest BCUT2D eigenvalue weighted by Gasteiger charge is 2.59. The third-order valence-electron chi connectivity index (χ3n) is 6.77. The number of fused-ring (bicyclic) bond motifs is 1. The summed E-state index contributed by atoms with van der Waals surface area (Å²) in [6, 6.07) is 10.6. The first-order valence-corrected chi connectivity index (χ1v) is 9.83. The fourth-order valence-electron chi connectivity index (χ4n) is 4.95. The summed E-state index contributed by atoms with van der Waals surface area (Å²) >= 11 is 0. The molecule has 1 amide bonds. The molecule has 1 aromatic carbocycles. The molecule has 26 heavy (non-hydrogen) atoms. The van der Waals surface area contributed by atoms with Gasteiger partial charge in [0, 0.05) is 31.1 Å². The monoisotopic (exact) mass is 350 g/mol. The highest BCUT2D eigenvalue weighted by molar-refractivity contribution is 5.83. The summed E-state index contributed by atoms with van der Waals surface area (Å²) in [7, 11) is 0. The van der Waals surface area contributed by atoms with Crippen molar-refractivity contribution in [2.45, 2.75) is 38.8 Å². The lowest BCUT2D eigenvalue weighted by atomic mass is 9.90. The van der Waals surface area contributed by atoms with Crippen LogP contribution in [0.15, 0.2) is 47.3 Å². The largest absolute Gasteiger partial charge is 0.472 e. The second kappa shape index (κ2) is 6.27. The van der Waals surface area contributed by atoms with Crippen LogP contribution in [0.2, 0.25) is 0 Å². The molecule has 5 rings (SSSR count). The van der Waals surface area contributed by atoms with E-state index in [1.165, 1.54) is 16.7 Å². The first-order chi connectivity index (χ1) is 12.7. The van der Waals surface area contributed by atoms with Crippen LogP contribution in [0.25, 0.3) is 0 Å². The van der Waals surface area contributed by atoms with Gasteiger partial charge in [0.2, 0.25) is 5.91 Å². The van der Waals surface area contributed by atoms with E-state index in [0.29, 0.717) is 11.3 Å². The highest BCUT2D eigenvalue weighted by atomic mass is 16.3. The Bertz CT molecular complexity index is 790. The zero-order valence-corrected chi connectivity index (χ0v) is 15.2. The van der Waals surface area contributed by atoms with E-state index in [0.717, 1.165) is 58.4 Å². The minimum atomic E-state index is 0.267. The van der Waals surface area contributed by atoms with Crippen molar-refractivity contribution < 1.29 is 9.21 Å². The fourth-order valence-corrected chi connectivity index (χ4v) is 4.95. The van der Waals surface area contributed by atoms with Crippen molar-refractivity contribution in [3.05, 3.63) is 59.5 Å². The van der Waals surface area contributed by atoms with Gasteiger partial charge in [0.05, 0.1) is 12.5 Å². The van der Waals surface area contributed by atoms with Crippen molar-refractivity contribution in [3.63, 3.8) is 0 Å². The Morgan fingerprint density at radius 1 is 1.12 bits per heavy atom. The summed E-state index contributed by atoms with van der Waals surface area (Å²) in [4.78, 5) is 17.7. The van der Waals surface area contributed by atoms with Crippen LogP contribution >= 0.6 is 0 Å². The van der Waals surface area contributed by atoms with Gasteiger partial charge < -0.3 is 9.32 Å². The van der Waals surface area contributed by atoms with E-state index in [9.17, 15) is 4.79 Å². The van der Waals surface area contributed by atoms with E-state index in [1.54, 1.807) is 6.26 Å². The molecule has 136 valence electrons. The fraction of sp³-hybridized carbons (Fsp3) is 0.500. The van der Waals surface area contributed by atoms with Crippen molar-refractivity contribution in [1.29, 1.82) is 0 Å². The Hall–Kier alpha value is -2.07. The molecule has 0 bridgehead atoms. The molecule has 0 radical (unpaired) electrons. The molecular formula is C22H26N2O2. The van der Waals surface area contributed by atoms with Crippen LogP contribution in [-0.4, -0.2) is 35.3 Å². The third-order valence-corrected chi connectivity index (χ3v) is 6.77. The second-order valence-electron chi connectivity index (χ2n) is 8.31. The lowest BCUT2D eigenvalue weighted by Crippen LogP contribution is -2.40. The number of hydrogen-bond donors (Lipinski definition) is 0. The molecule has 1 spiro atoms. The summed E-state index contributed by atoms with van der Waals surface area (Å²) in [6.45, 7) is 4.84. The topological polar surface area (TPSA) is 36.7 Å². The molecule has 4 heteroatoms. The molecule has 1 unspecified atom stereocenters. The molecule has 2 fully saturated rings. The maximum atomic E-state index is 13.1. The zero-order valence-electron chi connectivity index (χ0n) is 15.2. The third kappa shape index (κ3) is 2.86. The quantitative estimate of drug-likeness (QED) is 0.850. The SMILES string of the molecule is O=C(C1CC12CCN(Cc1ccoc1)CC2)N1CCc2ccccc2C1. The molecule has 1 aliphatic carbocycles. The van der Waals surface area contributed by atoms with Crippen molar-refractivity contribution in [1.82, 2.24) is 9.80 Å². The van der Waals surface area contributed by atoms with Crippen LogP contribution in [0.1, 0.15) is 36.0 Å². The minimum absolute atomic E-state index is 0.267. The number of benzene rings is 1. The number of carbonyl (C=O) groups excluding carboxylic acids is 1. The zero-order chi connectivity index (χ0) is 17.6. The maximum Gasteiger partial charge on any atom is 0.226 e. The van der Waals surface area contributed by atoms with Crippen LogP contribution in [0, 0.1) is 11.3 Å². The van der Waals surface area contributed by atoms with Crippen molar-refractivity contribution in [2.24, 2.45) is 11.3 Å². The Balaban J connectivity index is 1.18. The standard InChI is InChI=1S/C22H26N2O2/c25-21(24-9-5-18-3-1-2-4-19(18)15-24)20-13-22(20)7-10-23(11-8-22)14-17-6-12-26-16-17/h1-4,6,12,16,20H,5,7-11,13-15H2. The van der Waals surface area contributed by atoms with Gasteiger partial charge in [0.15, 0.2) is 0 Å². The van der Waals surface area contributed by atoms with Crippen molar-refractivity contribution >= 4 is 5.91 Å².